The molecule has 102 valence electrons. The van der Waals surface area contributed by atoms with E-state index in [9.17, 15) is 19.2 Å². The molecule has 20 heavy (non-hydrogen) atoms. The summed E-state index contributed by atoms with van der Waals surface area (Å²) < 4.78 is 26.2. The predicted octanol–water partition coefficient (Wildman–Crippen LogP) is -0.489. The first-order valence-electron chi connectivity index (χ1n) is 4.79. The minimum absolute atomic E-state index is 0.384. The third kappa shape index (κ3) is 2.03. The number of aromatic nitrogens is 1. The lowest BCUT2D eigenvalue weighted by atomic mass is 10.4. The molecule has 11 heteroatoms. The van der Waals surface area contributed by atoms with Gasteiger partial charge >= 0.3 is 23.3 Å². The van der Waals surface area contributed by atoms with E-state index in [0.717, 1.165) is 6.07 Å². The van der Waals surface area contributed by atoms with Crippen LogP contribution in [0.5, 0.6) is 0 Å². The molecule has 0 radical (unpaired) electrons. The molecule has 0 spiro atoms. The Kier molecular flexibility index (Phi) is 2.39. The van der Waals surface area contributed by atoms with E-state index < -0.39 is 34.7 Å². The van der Waals surface area contributed by atoms with Crippen molar-refractivity contribution in [3.05, 3.63) is 48.5 Å². The van der Waals surface area contributed by atoms with Crippen molar-refractivity contribution in [2.24, 2.45) is 0 Å². The molecule has 3 aromatic heterocycles. The van der Waals surface area contributed by atoms with Gasteiger partial charge in [-0.2, -0.15) is 4.98 Å². The molecular formula is C9HNO10. The summed E-state index contributed by atoms with van der Waals surface area (Å²) in [6.07, 6.45) is 0. The number of fused-ring (bicyclic) bond motifs is 2. The van der Waals surface area contributed by atoms with Gasteiger partial charge in [0.1, 0.15) is 0 Å². The van der Waals surface area contributed by atoms with E-state index >= 15 is 0 Å². The van der Waals surface area contributed by atoms with Crippen LogP contribution in [-0.2, 0) is 0 Å². The van der Waals surface area contributed by atoms with Gasteiger partial charge in [-0.15, -0.1) is 0 Å². The fourth-order valence-electron chi connectivity index (χ4n) is 1.29. The molecule has 0 aliphatic rings. The zero-order valence-corrected chi connectivity index (χ0v) is 9.11. The van der Waals surface area contributed by atoms with Gasteiger partial charge in [0.2, 0.25) is 11.2 Å². The smallest absolute Gasteiger partial charge is 0.389 e. The number of hydrogen-bond acceptors (Lipinski definition) is 11. The molecule has 0 unspecified atom stereocenters. The molecule has 0 fully saturated rings. The van der Waals surface area contributed by atoms with E-state index in [4.69, 9.17) is 0 Å². The highest BCUT2D eigenvalue weighted by atomic mass is 16.6. The second kappa shape index (κ2) is 4.08. The number of nitrogens with zero attached hydrogens (tertiary/aromatic N) is 1. The van der Waals surface area contributed by atoms with E-state index in [-0.39, 0.29) is 11.2 Å². The Bertz CT molecular complexity index is 914. The highest BCUT2D eigenvalue weighted by molar-refractivity contribution is 5.78. The van der Waals surface area contributed by atoms with Crippen molar-refractivity contribution in [3.8, 4) is 0 Å². The molecule has 0 aromatic carbocycles. The molecule has 0 amide bonds. The van der Waals surface area contributed by atoms with Crippen molar-refractivity contribution in [1.29, 1.82) is 0 Å². The lowest BCUT2D eigenvalue weighted by molar-refractivity contribution is 0.278. The van der Waals surface area contributed by atoms with Crippen LogP contribution in [0.15, 0.2) is 51.7 Å². The fourth-order valence-corrected chi connectivity index (χ4v) is 1.29. The van der Waals surface area contributed by atoms with E-state index in [2.05, 4.69) is 31.5 Å². The molecule has 0 aliphatic heterocycles. The van der Waals surface area contributed by atoms with E-state index in [1.807, 2.05) is 0 Å². The summed E-state index contributed by atoms with van der Waals surface area (Å²) in [4.78, 5) is 47.6. The minimum Gasteiger partial charge on any atom is -0.389 e. The average Bonchev–Trinajstić information content (AvgIpc) is 2.53. The second-order valence-electron chi connectivity index (χ2n) is 3.21. The number of rotatable bonds is 0. The lowest BCUT2D eigenvalue weighted by Crippen LogP contribution is -2.01. The van der Waals surface area contributed by atoms with Crippen molar-refractivity contribution in [1.82, 2.24) is 4.98 Å². The Balaban J connectivity index is 2.64. The standard InChI is InChI=1S/C9HNO10/c11-6-15-2-1-3-5(10-4(2)17-8(13)19-6)18-9(14)20-7(12)16-3/h1H. The number of hydrogen-bond donors (Lipinski definition) is 0. The normalized spacial score (nSPS) is 10.8. The molecule has 3 heterocycles. The summed E-state index contributed by atoms with van der Waals surface area (Å²) >= 11 is 0. The first kappa shape index (κ1) is 11.7. The van der Waals surface area contributed by atoms with Crippen molar-refractivity contribution >= 4 is 22.6 Å². The zero-order chi connectivity index (χ0) is 14.3. The number of pyridine rings is 1. The van der Waals surface area contributed by atoms with E-state index in [1.165, 1.54) is 0 Å². The highest BCUT2D eigenvalue weighted by Gasteiger charge is 2.10. The van der Waals surface area contributed by atoms with Crippen molar-refractivity contribution in [2.45, 2.75) is 0 Å². The lowest BCUT2D eigenvalue weighted by Gasteiger charge is -1.88. The molecule has 0 N–H and O–H groups in total. The van der Waals surface area contributed by atoms with Gasteiger partial charge < -0.3 is 26.5 Å². The molecule has 0 aliphatic carbocycles. The average molecular weight is 283 g/mol. The van der Waals surface area contributed by atoms with Gasteiger partial charge in [-0.05, 0) is 0 Å². The Morgan fingerprint density at radius 1 is 0.600 bits per heavy atom. The molecular weight excluding hydrogens is 282 g/mol. The topological polar surface area (TPSA) is 160 Å². The summed E-state index contributed by atoms with van der Waals surface area (Å²) in [5.41, 5.74) is -1.81. The second-order valence-corrected chi connectivity index (χ2v) is 3.21. The maximum absolute atomic E-state index is 11.0. The van der Waals surface area contributed by atoms with Gasteiger partial charge in [-0.1, -0.05) is 0 Å². The summed E-state index contributed by atoms with van der Waals surface area (Å²) in [6.45, 7) is 0. The third-order valence-corrected chi connectivity index (χ3v) is 1.97. The quantitative estimate of drug-likeness (QED) is 0.523. The van der Waals surface area contributed by atoms with Crippen LogP contribution in [0, 0.1) is 0 Å². The molecule has 0 saturated carbocycles. The van der Waals surface area contributed by atoms with Crippen molar-refractivity contribution < 1.29 is 26.5 Å². The third-order valence-electron chi connectivity index (χ3n) is 1.97. The van der Waals surface area contributed by atoms with Crippen molar-refractivity contribution in [3.63, 3.8) is 0 Å². The Hall–Kier alpha value is -3.37. The van der Waals surface area contributed by atoms with Gasteiger partial charge in [0, 0.05) is 6.07 Å². The van der Waals surface area contributed by atoms with Crippen LogP contribution in [0.25, 0.3) is 22.6 Å². The van der Waals surface area contributed by atoms with Crippen LogP contribution in [0.1, 0.15) is 0 Å². The summed E-state index contributed by atoms with van der Waals surface area (Å²) in [7, 11) is 0. The maximum Gasteiger partial charge on any atom is 0.525 e. The minimum atomic E-state index is -1.39. The van der Waals surface area contributed by atoms with Gasteiger partial charge in [0.15, 0.2) is 0 Å². The molecule has 0 bridgehead atoms. The SMILES string of the molecule is O=c1oc(=O)oc2nc3oc(=O)oc(=O)oc3cc2o1. The monoisotopic (exact) mass is 283 g/mol. The summed E-state index contributed by atoms with van der Waals surface area (Å²) in [5, 5.41) is 0. The Morgan fingerprint density at radius 3 is 1.45 bits per heavy atom. The van der Waals surface area contributed by atoms with Crippen LogP contribution in [0.2, 0.25) is 0 Å². The van der Waals surface area contributed by atoms with Crippen LogP contribution in [0.4, 0.5) is 0 Å². The molecule has 3 aromatic rings. The first-order chi connectivity index (χ1) is 9.51. The van der Waals surface area contributed by atoms with Gasteiger partial charge in [-0.25, -0.2) is 19.2 Å². The molecule has 0 saturated heterocycles. The Labute approximate surface area is 104 Å². The fraction of sp³-hybridized carbons (Fsp3) is 0. The van der Waals surface area contributed by atoms with Gasteiger partial charge in [0.05, 0.1) is 0 Å². The molecule has 0 atom stereocenters. The maximum atomic E-state index is 11.0. The summed E-state index contributed by atoms with van der Waals surface area (Å²) in [6, 6.07) is 0.928. The van der Waals surface area contributed by atoms with Crippen molar-refractivity contribution in [2.75, 3.05) is 0 Å². The first-order valence-corrected chi connectivity index (χ1v) is 4.79. The Morgan fingerprint density at radius 2 is 1.00 bits per heavy atom. The van der Waals surface area contributed by atoms with Crippen LogP contribution in [-0.4, -0.2) is 4.98 Å². The van der Waals surface area contributed by atoms with Crippen LogP contribution in [0.3, 0.4) is 0 Å². The van der Waals surface area contributed by atoms with E-state index in [1.54, 1.807) is 0 Å². The summed E-state index contributed by atoms with van der Waals surface area (Å²) in [5.74, 6) is -5.53. The van der Waals surface area contributed by atoms with E-state index in [0.29, 0.717) is 0 Å². The largest absolute Gasteiger partial charge is 0.525 e. The van der Waals surface area contributed by atoms with Crippen LogP contribution < -0.4 is 23.3 Å². The highest BCUT2D eigenvalue weighted by Crippen LogP contribution is 2.14. The zero-order valence-electron chi connectivity index (χ0n) is 9.11. The van der Waals surface area contributed by atoms with Gasteiger partial charge in [-0.3, -0.25) is 0 Å². The molecule has 11 nitrogen and oxygen atoms in total. The van der Waals surface area contributed by atoms with Gasteiger partial charge in [0.25, 0.3) is 11.4 Å². The predicted molar refractivity (Wildman–Crippen MR) is 55.6 cm³/mol. The molecule has 3 rings (SSSR count). The van der Waals surface area contributed by atoms with Crippen LogP contribution >= 0.6 is 0 Å².